The van der Waals surface area contributed by atoms with Crippen molar-refractivity contribution in [2.24, 2.45) is 0 Å². The summed E-state index contributed by atoms with van der Waals surface area (Å²) in [6, 6.07) is 26.0. The molecule has 0 aliphatic heterocycles. The van der Waals surface area contributed by atoms with E-state index in [4.69, 9.17) is 11.6 Å². The largest absolute Gasteiger partial charge is 0.382 e. The van der Waals surface area contributed by atoms with Gasteiger partial charge in [0.25, 0.3) is 0 Å². The number of halogens is 1. The van der Waals surface area contributed by atoms with E-state index in [0.717, 1.165) is 5.56 Å². The lowest BCUT2D eigenvalue weighted by Gasteiger charge is -2.30. The van der Waals surface area contributed by atoms with Gasteiger partial charge in [0.15, 0.2) is 5.78 Å². The molecular formula is C37H35ClN4O5S. The number of carbonyl (C=O) groups excluding carboxylic acids is 5. The molecule has 1 aliphatic rings. The number of anilines is 2. The van der Waals surface area contributed by atoms with Gasteiger partial charge in [-0.1, -0.05) is 60.7 Å². The van der Waals surface area contributed by atoms with Crippen molar-refractivity contribution < 1.29 is 24.0 Å². The van der Waals surface area contributed by atoms with Gasteiger partial charge in [-0.25, -0.2) is 0 Å². The van der Waals surface area contributed by atoms with Crippen molar-refractivity contribution in [1.29, 1.82) is 0 Å². The van der Waals surface area contributed by atoms with Crippen molar-refractivity contribution >= 4 is 63.6 Å². The molecule has 0 bridgehead atoms. The molecule has 3 amide bonds. The molecule has 9 nitrogen and oxygen atoms in total. The minimum absolute atomic E-state index is 0.192. The Labute approximate surface area is 288 Å². The molecule has 1 aliphatic carbocycles. The minimum atomic E-state index is -0.923. The Bertz CT molecular complexity index is 1790. The lowest BCUT2D eigenvalue weighted by molar-refractivity contribution is -0.125. The number of unbranched alkanes of at least 4 members (excludes halogenated alkanes) is 1. The second-order valence-electron chi connectivity index (χ2n) is 11.1. The first-order valence-electron chi connectivity index (χ1n) is 15.6. The summed E-state index contributed by atoms with van der Waals surface area (Å²) in [7, 11) is 0. The van der Waals surface area contributed by atoms with Gasteiger partial charge in [-0.2, -0.15) is 0 Å². The number of hydrogen-bond acceptors (Lipinski definition) is 7. The summed E-state index contributed by atoms with van der Waals surface area (Å²) in [5.74, 6) is -1.69. The Morgan fingerprint density at radius 1 is 0.812 bits per heavy atom. The SMILES string of the molecule is O=C(CCCCNC1=CC(=O)c2ccccc2C1=O)Nc1ccc(N(C(=O)CCl)C(C(=O)NCCc2ccccc2)c2cccs2)cc1. The van der Waals surface area contributed by atoms with Crippen LogP contribution in [0, 0.1) is 0 Å². The van der Waals surface area contributed by atoms with Crippen LogP contribution in [0.3, 0.4) is 0 Å². The van der Waals surface area contributed by atoms with Gasteiger partial charge in [-0.15, -0.1) is 22.9 Å². The van der Waals surface area contributed by atoms with Crippen LogP contribution in [0.4, 0.5) is 11.4 Å². The van der Waals surface area contributed by atoms with Crippen molar-refractivity contribution in [3.8, 4) is 0 Å². The van der Waals surface area contributed by atoms with E-state index in [2.05, 4.69) is 16.0 Å². The topological polar surface area (TPSA) is 125 Å². The summed E-state index contributed by atoms with van der Waals surface area (Å²) in [5, 5.41) is 10.7. The molecule has 0 radical (unpaired) electrons. The minimum Gasteiger partial charge on any atom is -0.382 e. The molecule has 3 aromatic carbocycles. The Hall–Kier alpha value is -5.06. The number of amides is 3. The van der Waals surface area contributed by atoms with Crippen LogP contribution in [-0.4, -0.2) is 48.3 Å². The molecule has 1 unspecified atom stereocenters. The summed E-state index contributed by atoms with van der Waals surface area (Å²) in [4.78, 5) is 66.5. The van der Waals surface area contributed by atoms with Crippen LogP contribution in [0.5, 0.6) is 0 Å². The molecule has 3 N–H and O–H groups in total. The number of carbonyl (C=O) groups is 5. The van der Waals surface area contributed by atoms with Crippen LogP contribution in [0.25, 0.3) is 0 Å². The molecule has 5 rings (SSSR count). The highest BCUT2D eigenvalue weighted by atomic mass is 35.5. The van der Waals surface area contributed by atoms with Gasteiger partial charge >= 0.3 is 0 Å². The lowest BCUT2D eigenvalue weighted by atomic mass is 9.93. The van der Waals surface area contributed by atoms with Crippen molar-refractivity contribution in [1.82, 2.24) is 10.6 Å². The van der Waals surface area contributed by atoms with Crippen molar-refractivity contribution in [2.75, 3.05) is 29.2 Å². The average molecular weight is 683 g/mol. The standard InChI is InChI=1S/C37H35ClN4O5S/c38-24-34(45)42(35(32-13-8-22-48-32)37(47)40-21-19-25-9-2-1-3-10-25)27-17-15-26(16-18-27)41-33(44)14-6-7-20-39-30-23-31(43)28-11-4-5-12-29(28)36(30)46/h1-5,8-13,15-18,22-23,35,39H,6-7,14,19-21,24H2,(H,40,47)(H,41,44). The number of allylic oxidation sites excluding steroid dienone is 2. The third kappa shape index (κ3) is 8.64. The molecule has 4 aromatic rings. The molecule has 11 heteroatoms. The van der Waals surface area contributed by atoms with E-state index in [-0.39, 0.29) is 41.4 Å². The molecule has 1 aromatic heterocycles. The summed E-state index contributed by atoms with van der Waals surface area (Å²) in [6.07, 6.45) is 3.39. The van der Waals surface area contributed by atoms with Gasteiger partial charge < -0.3 is 16.0 Å². The normalized spacial score (nSPS) is 12.8. The quantitative estimate of drug-likeness (QED) is 0.103. The van der Waals surface area contributed by atoms with E-state index in [0.29, 0.717) is 59.7 Å². The number of nitrogens with one attached hydrogen (secondary N) is 3. The molecule has 246 valence electrons. The fourth-order valence-electron chi connectivity index (χ4n) is 5.40. The predicted molar refractivity (Wildman–Crippen MR) is 189 cm³/mol. The van der Waals surface area contributed by atoms with Gasteiger partial charge in [0.05, 0.1) is 5.70 Å². The Morgan fingerprint density at radius 2 is 1.54 bits per heavy atom. The molecular weight excluding hydrogens is 648 g/mol. The van der Waals surface area contributed by atoms with Gasteiger partial charge in [0.1, 0.15) is 11.9 Å². The fourth-order valence-corrected chi connectivity index (χ4v) is 6.34. The van der Waals surface area contributed by atoms with Crippen LogP contribution in [-0.2, 0) is 20.8 Å². The first-order chi connectivity index (χ1) is 23.4. The highest BCUT2D eigenvalue weighted by Crippen LogP contribution is 2.32. The molecule has 1 heterocycles. The van der Waals surface area contributed by atoms with Crippen LogP contribution >= 0.6 is 22.9 Å². The van der Waals surface area contributed by atoms with E-state index in [1.54, 1.807) is 48.5 Å². The zero-order valence-electron chi connectivity index (χ0n) is 26.1. The number of thiophene rings is 1. The van der Waals surface area contributed by atoms with Gasteiger partial charge in [0.2, 0.25) is 23.5 Å². The first-order valence-corrected chi connectivity index (χ1v) is 17.0. The number of Topliss-reactive ketones (excluding diaryl/α,β-unsaturated/α-hetero) is 1. The fraction of sp³-hybridized carbons (Fsp3) is 0.216. The second-order valence-corrected chi connectivity index (χ2v) is 12.4. The van der Waals surface area contributed by atoms with Crippen LogP contribution in [0.2, 0.25) is 0 Å². The van der Waals surface area contributed by atoms with Crippen LogP contribution < -0.4 is 20.9 Å². The van der Waals surface area contributed by atoms with E-state index < -0.39 is 11.9 Å². The molecule has 1 atom stereocenters. The molecule has 0 saturated heterocycles. The van der Waals surface area contributed by atoms with E-state index in [9.17, 15) is 24.0 Å². The Kier molecular flexibility index (Phi) is 11.9. The Balaban J connectivity index is 1.15. The zero-order valence-corrected chi connectivity index (χ0v) is 27.7. The van der Waals surface area contributed by atoms with Gasteiger partial charge in [0, 0.05) is 53.0 Å². The summed E-state index contributed by atoms with van der Waals surface area (Å²) < 4.78 is 0. The third-order valence-corrected chi connectivity index (χ3v) is 8.94. The maximum Gasteiger partial charge on any atom is 0.248 e. The molecule has 48 heavy (non-hydrogen) atoms. The summed E-state index contributed by atoms with van der Waals surface area (Å²) in [6.45, 7) is 0.837. The van der Waals surface area contributed by atoms with E-state index in [1.165, 1.54) is 22.3 Å². The third-order valence-electron chi connectivity index (χ3n) is 7.79. The zero-order chi connectivity index (χ0) is 33.9. The highest BCUT2D eigenvalue weighted by Gasteiger charge is 2.33. The molecule has 0 spiro atoms. The summed E-state index contributed by atoms with van der Waals surface area (Å²) in [5.41, 5.74) is 3.14. The second kappa shape index (κ2) is 16.7. The number of ketones is 2. The average Bonchev–Trinajstić information content (AvgIpc) is 3.64. The van der Waals surface area contributed by atoms with Crippen molar-refractivity contribution in [2.45, 2.75) is 31.7 Å². The number of nitrogens with zero attached hydrogens (tertiary/aromatic N) is 1. The number of benzene rings is 3. The lowest BCUT2D eigenvalue weighted by Crippen LogP contribution is -2.44. The van der Waals surface area contributed by atoms with Crippen LogP contribution in [0.1, 0.15) is 56.5 Å². The monoisotopic (exact) mass is 682 g/mol. The molecule has 0 saturated carbocycles. The van der Waals surface area contributed by atoms with Crippen molar-refractivity contribution in [3.63, 3.8) is 0 Å². The first kappa shape index (κ1) is 34.3. The summed E-state index contributed by atoms with van der Waals surface area (Å²) >= 11 is 7.40. The number of hydrogen-bond donors (Lipinski definition) is 3. The van der Waals surface area contributed by atoms with Gasteiger partial charge in [-0.05, 0) is 60.5 Å². The number of rotatable bonds is 15. The number of fused-ring (bicyclic) bond motifs is 1. The molecule has 0 fully saturated rings. The van der Waals surface area contributed by atoms with E-state index >= 15 is 0 Å². The van der Waals surface area contributed by atoms with Gasteiger partial charge in [-0.3, -0.25) is 28.9 Å². The highest BCUT2D eigenvalue weighted by molar-refractivity contribution is 7.10. The van der Waals surface area contributed by atoms with Crippen LogP contribution in [0.15, 0.2) is 108 Å². The predicted octanol–water partition coefficient (Wildman–Crippen LogP) is 6.08. The number of alkyl halides is 1. The van der Waals surface area contributed by atoms with E-state index in [1.807, 2.05) is 47.8 Å². The maximum absolute atomic E-state index is 13.6. The Morgan fingerprint density at radius 3 is 2.25 bits per heavy atom. The van der Waals surface area contributed by atoms with Crippen molar-refractivity contribution in [3.05, 3.63) is 130 Å². The smallest absolute Gasteiger partial charge is 0.248 e. The maximum atomic E-state index is 13.6.